The molecular formula is C18H23NO. The van der Waals surface area contributed by atoms with Crippen molar-refractivity contribution in [1.29, 1.82) is 0 Å². The van der Waals surface area contributed by atoms with Crippen LogP contribution in [0, 0.1) is 17.8 Å². The summed E-state index contributed by atoms with van der Waals surface area (Å²) in [5.41, 5.74) is 3.69. The van der Waals surface area contributed by atoms with Crippen LogP contribution in [0.15, 0.2) is 18.2 Å². The number of carbonyl (C=O) groups excluding carboxylic acids is 1. The van der Waals surface area contributed by atoms with Gasteiger partial charge in [0.2, 0.25) is 0 Å². The normalized spacial score (nSPS) is 31.3. The van der Waals surface area contributed by atoms with E-state index in [1.54, 1.807) is 0 Å². The molecule has 0 aromatic heterocycles. The number of benzene rings is 1. The number of hydrogen-bond acceptors (Lipinski definition) is 2. The molecule has 2 saturated carbocycles. The molecule has 3 atom stereocenters. The maximum Gasteiger partial charge on any atom is 0.163 e. The summed E-state index contributed by atoms with van der Waals surface area (Å²) >= 11 is 0. The average molecular weight is 269 g/mol. The van der Waals surface area contributed by atoms with Gasteiger partial charge >= 0.3 is 0 Å². The highest BCUT2D eigenvalue weighted by Gasteiger charge is 2.40. The highest BCUT2D eigenvalue weighted by molar-refractivity contribution is 5.96. The molecule has 1 heterocycles. The van der Waals surface area contributed by atoms with Crippen molar-refractivity contribution >= 4 is 5.78 Å². The highest BCUT2D eigenvalue weighted by atomic mass is 16.1. The number of Topliss-reactive ketones (excluding diaryl/α,β-unsaturated/α-hetero) is 1. The Balaban J connectivity index is 1.48. The van der Waals surface area contributed by atoms with E-state index >= 15 is 0 Å². The molecule has 106 valence electrons. The standard InChI is InChI=1S/C18H23NO/c20-18(10-16-8-12-1-2-14(16)7-12)15-4-3-13-5-6-19-11-17(13)9-15/h3-4,9,12,14,16,19H,1-2,5-8,10-11H2. The molecule has 3 unspecified atom stereocenters. The number of ketones is 1. The fourth-order valence-electron chi connectivity index (χ4n) is 4.64. The molecule has 2 heteroatoms. The number of fused-ring (bicyclic) bond motifs is 3. The Bertz CT molecular complexity index is 536. The monoisotopic (exact) mass is 269 g/mol. The lowest BCUT2D eigenvalue weighted by Gasteiger charge is -2.21. The number of nitrogens with one attached hydrogen (secondary N) is 1. The van der Waals surface area contributed by atoms with E-state index in [1.165, 1.54) is 36.8 Å². The minimum atomic E-state index is 0.371. The highest BCUT2D eigenvalue weighted by Crippen LogP contribution is 2.49. The van der Waals surface area contributed by atoms with E-state index < -0.39 is 0 Å². The van der Waals surface area contributed by atoms with E-state index in [4.69, 9.17) is 0 Å². The van der Waals surface area contributed by atoms with Crippen molar-refractivity contribution in [3.63, 3.8) is 0 Å². The largest absolute Gasteiger partial charge is 0.312 e. The molecule has 1 aliphatic heterocycles. The van der Waals surface area contributed by atoms with Gasteiger partial charge in [0, 0.05) is 18.5 Å². The summed E-state index contributed by atoms with van der Waals surface area (Å²) in [5, 5.41) is 3.39. The quantitative estimate of drug-likeness (QED) is 0.853. The zero-order valence-electron chi connectivity index (χ0n) is 12.0. The van der Waals surface area contributed by atoms with Crippen molar-refractivity contribution in [2.75, 3.05) is 6.54 Å². The third-order valence-corrected chi connectivity index (χ3v) is 5.75. The summed E-state index contributed by atoms with van der Waals surface area (Å²) < 4.78 is 0. The van der Waals surface area contributed by atoms with Crippen molar-refractivity contribution < 1.29 is 4.79 Å². The van der Waals surface area contributed by atoms with Crippen molar-refractivity contribution in [3.8, 4) is 0 Å². The van der Waals surface area contributed by atoms with Gasteiger partial charge in [0.05, 0.1) is 0 Å². The minimum absolute atomic E-state index is 0.371. The third-order valence-electron chi connectivity index (χ3n) is 5.75. The first-order valence-electron chi connectivity index (χ1n) is 8.15. The summed E-state index contributed by atoms with van der Waals surface area (Å²) in [6.45, 7) is 1.98. The molecule has 2 aliphatic carbocycles. The zero-order chi connectivity index (χ0) is 13.5. The molecule has 2 bridgehead atoms. The van der Waals surface area contributed by atoms with Gasteiger partial charge in [-0.25, -0.2) is 0 Å². The lowest BCUT2D eigenvalue weighted by Crippen LogP contribution is -2.24. The predicted octanol–water partition coefficient (Wildman–Crippen LogP) is 3.34. The molecule has 2 fully saturated rings. The summed E-state index contributed by atoms with van der Waals surface area (Å²) in [6, 6.07) is 6.36. The second kappa shape index (κ2) is 5.00. The van der Waals surface area contributed by atoms with Crippen molar-refractivity contribution in [2.45, 2.75) is 45.1 Å². The lowest BCUT2D eigenvalue weighted by atomic mass is 9.84. The molecule has 1 aromatic rings. The van der Waals surface area contributed by atoms with Crippen molar-refractivity contribution in [1.82, 2.24) is 5.32 Å². The van der Waals surface area contributed by atoms with Gasteiger partial charge in [-0.3, -0.25) is 4.79 Å². The van der Waals surface area contributed by atoms with Crippen LogP contribution in [0.4, 0.5) is 0 Å². The van der Waals surface area contributed by atoms with E-state index in [9.17, 15) is 4.79 Å². The van der Waals surface area contributed by atoms with Gasteiger partial charge in [0.1, 0.15) is 0 Å². The summed E-state index contributed by atoms with van der Waals surface area (Å²) in [7, 11) is 0. The van der Waals surface area contributed by atoms with Crippen LogP contribution in [0.5, 0.6) is 0 Å². The molecular weight excluding hydrogens is 246 g/mol. The average Bonchev–Trinajstić information content (AvgIpc) is 3.09. The molecule has 0 amide bonds. The molecule has 20 heavy (non-hydrogen) atoms. The SMILES string of the molecule is O=C(CC1CC2CCC1C2)c1ccc2c(c1)CNCC2. The van der Waals surface area contributed by atoms with Crippen LogP contribution >= 0.6 is 0 Å². The van der Waals surface area contributed by atoms with E-state index in [2.05, 4.69) is 23.5 Å². The Hall–Kier alpha value is -1.15. The van der Waals surface area contributed by atoms with Gasteiger partial charge in [-0.2, -0.15) is 0 Å². The first kappa shape index (κ1) is 12.6. The van der Waals surface area contributed by atoms with E-state index in [-0.39, 0.29) is 0 Å². The van der Waals surface area contributed by atoms with E-state index in [0.717, 1.165) is 43.3 Å². The fourth-order valence-corrected chi connectivity index (χ4v) is 4.64. The van der Waals surface area contributed by atoms with Crippen LogP contribution in [-0.4, -0.2) is 12.3 Å². The topological polar surface area (TPSA) is 29.1 Å². The molecule has 0 spiro atoms. The predicted molar refractivity (Wildman–Crippen MR) is 79.7 cm³/mol. The maximum absolute atomic E-state index is 12.5. The number of rotatable bonds is 3. The van der Waals surface area contributed by atoms with Gasteiger partial charge in [0.25, 0.3) is 0 Å². The van der Waals surface area contributed by atoms with Crippen molar-refractivity contribution in [3.05, 3.63) is 34.9 Å². The van der Waals surface area contributed by atoms with E-state index in [0.29, 0.717) is 11.7 Å². The number of hydrogen-bond donors (Lipinski definition) is 1. The van der Waals surface area contributed by atoms with E-state index in [1.807, 2.05) is 0 Å². The number of carbonyl (C=O) groups is 1. The molecule has 0 radical (unpaired) electrons. The van der Waals surface area contributed by atoms with Crippen LogP contribution in [0.2, 0.25) is 0 Å². The van der Waals surface area contributed by atoms with Gasteiger partial charge in [-0.05, 0) is 67.2 Å². The van der Waals surface area contributed by atoms with Crippen molar-refractivity contribution in [2.24, 2.45) is 17.8 Å². The van der Waals surface area contributed by atoms with Gasteiger partial charge < -0.3 is 5.32 Å². The Labute approximate surface area is 121 Å². The molecule has 3 aliphatic rings. The molecule has 4 rings (SSSR count). The van der Waals surface area contributed by atoms with Crippen LogP contribution in [-0.2, 0) is 13.0 Å². The first-order valence-corrected chi connectivity index (χ1v) is 8.15. The maximum atomic E-state index is 12.5. The summed E-state index contributed by atoms with van der Waals surface area (Å²) in [4.78, 5) is 12.5. The Morgan fingerprint density at radius 1 is 1.20 bits per heavy atom. The van der Waals surface area contributed by atoms with Gasteiger partial charge in [-0.15, -0.1) is 0 Å². The van der Waals surface area contributed by atoms with Crippen LogP contribution in [0.25, 0.3) is 0 Å². The summed E-state index contributed by atoms with van der Waals surface area (Å²) in [6.07, 6.45) is 7.37. The molecule has 1 aromatic carbocycles. The molecule has 2 nitrogen and oxygen atoms in total. The zero-order valence-corrected chi connectivity index (χ0v) is 12.0. The smallest absolute Gasteiger partial charge is 0.163 e. The minimum Gasteiger partial charge on any atom is -0.312 e. The Morgan fingerprint density at radius 2 is 2.15 bits per heavy atom. The van der Waals surface area contributed by atoms with Gasteiger partial charge in [-0.1, -0.05) is 18.6 Å². The first-order chi connectivity index (χ1) is 9.79. The Morgan fingerprint density at radius 3 is 2.95 bits per heavy atom. The molecule has 0 saturated heterocycles. The van der Waals surface area contributed by atoms with Gasteiger partial charge in [0.15, 0.2) is 5.78 Å². The second-order valence-corrected chi connectivity index (χ2v) is 6.97. The fraction of sp³-hybridized carbons (Fsp3) is 0.611. The Kier molecular flexibility index (Phi) is 3.14. The third kappa shape index (κ3) is 2.20. The lowest BCUT2D eigenvalue weighted by molar-refractivity contribution is 0.0944. The summed E-state index contributed by atoms with van der Waals surface area (Å²) in [5.74, 6) is 2.83. The van der Waals surface area contributed by atoms with Crippen LogP contribution < -0.4 is 5.32 Å². The molecule has 1 N–H and O–H groups in total. The second-order valence-electron chi connectivity index (χ2n) is 6.97. The van der Waals surface area contributed by atoms with Crippen LogP contribution in [0.1, 0.15) is 53.6 Å². The van der Waals surface area contributed by atoms with Crippen LogP contribution in [0.3, 0.4) is 0 Å².